The van der Waals surface area contributed by atoms with Gasteiger partial charge in [0, 0.05) is 17.9 Å². The van der Waals surface area contributed by atoms with E-state index in [1.807, 2.05) is 0 Å². The summed E-state index contributed by atoms with van der Waals surface area (Å²) in [6.07, 6.45) is 0. The molecule has 0 aliphatic rings. The minimum Gasteiger partial charge on any atom is -0.0492 e. The smallest absolute Gasteiger partial charge is 0.0364 e. The fourth-order valence-electron chi connectivity index (χ4n) is 0.723. The molecule has 0 fully saturated rings. The molecular formula is C8H4Br4. The van der Waals surface area contributed by atoms with Gasteiger partial charge in [-0.05, 0) is 88.7 Å². The van der Waals surface area contributed by atoms with Crippen LogP contribution in [0.3, 0.4) is 0 Å². The maximum atomic E-state index is 3.90. The van der Waals surface area contributed by atoms with Gasteiger partial charge in [-0.25, -0.2) is 0 Å². The molecular weight excluding hydrogens is 416 g/mol. The number of halogens is 4. The molecule has 0 amide bonds. The lowest BCUT2D eigenvalue weighted by Gasteiger charge is -2.10. The first kappa shape index (κ1) is 11.2. The molecule has 1 rings (SSSR count). The Morgan fingerprint density at radius 2 is 0.750 bits per heavy atom. The van der Waals surface area contributed by atoms with Crippen LogP contribution in [0, 0.1) is 13.8 Å². The molecule has 2 radical (unpaired) electrons. The summed E-state index contributed by atoms with van der Waals surface area (Å²) >= 11 is 13.7. The molecule has 0 bridgehead atoms. The lowest BCUT2D eigenvalue weighted by Crippen LogP contribution is -1.87. The van der Waals surface area contributed by atoms with Crippen LogP contribution in [0.15, 0.2) is 17.9 Å². The maximum absolute atomic E-state index is 3.90. The molecule has 0 aliphatic carbocycles. The molecule has 1 aromatic carbocycles. The molecule has 0 heterocycles. The fraction of sp³-hybridized carbons (Fsp3) is 0. The highest BCUT2D eigenvalue weighted by atomic mass is 79.9. The predicted molar refractivity (Wildman–Crippen MR) is 66.2 cm³/mol. The van der Waals surface area contributed by atoms with Crippen LogP contribution in [0.1, 0.15) is 11.1 Å². The van der Waals surface area contributed by atoms with E-state index >= 15 is 0 Å². The molecule has 0 aromatic heterocycles. The third-order valence-corrected chi connectivity index (χ3v) is 6.01. The van der Waals surface area contributed by atoms with Gasteiger partial charge in [0.05, 0.1) is 0 Å². The zero-order chi connectivity index (χ0) is 9.46. The average Bonchev–Trinajstić information content (AvgIpc) is 2.08. The molecule has 1 aromatic rings. The van der Waals surface area contributed by atoms with Crippen LogP contribution in [0.4, 0.5) is 0 Å². The van der Waals surface area contributed by atoms with Crippen molar-refractivity contribution in [1.29, 1.82) is 0 Å². The van der Waals surface area contributed by atoms with Crippen molar-refractivity contribution in [2.45, 2.75) is 0 Å². The van der Waals surface area contributed by atoms with Crippen molar-refractivity contribution in [2.75, 3.05) is 0 Å². The van der Waals surface area contributed by atoms with Crippen molar-refractivity contribution >= 4 is 63.7 Å². The van der Waals surface area contributed by atoms with Crippen LogP contribution < -0.4 is 0 Å². The zero-order valence-corrected chi connectivity index (χ0v) is 12.3. The summed E-state index contributed by atoms with van der Waals surface area (Å²) in [7, 11) is 0. The highest BCUT2D eigenvalue weighted by molar-refractivity contribution is 9.14. The minimum atomic E-state index is 0.904. The second kappa shape index (κ2) is 4.11. The molecule has 0 saturated carbocycles. The Morgan fingerprint density at radius 3 is 0.917 bits per heavy atom. The van der Waals surface area contributed by atoms with E-state index in [9.17, 15) is 0 Å². The van der Waals surface area contributed by atoms with Gasteiger partial charge in [-0.1, -0.05) is 0 Å². The Labute approximate surface area is 106 Å². The van der Waals surface area contributed by atoms with E-state index in [2.05, 4.69) is 77.6 Å². The first-order valence-electron chi connectivity index (χ1n) is 2.96. The van der Waals surface area contributed by atoms with Crippen molar-refractivity contribution in [3.63, 3.8) is 0 Å². The van der Waals surface area contributed by atoms with E-state index < -0.39 is 0 Å². The Morgan fingerprint density at radius 1 is 0.583 bits per heavy atom. The van der Waals surface area contributed by atoms with Gasteiger partial charge in [0.2, 0.25) is 0 Å². The second-order valence-electron chi connectivity index (χ2n) is 2.21. The minimum absolute atomic E-state index is 0.904. The van der Waals surface area contributed by atoms with E-state index in [1.54, 1.807) is 0 Å². The van der Waals surface area contributed by atoms with Gasteiger partial charge >= 0.3 is 0 Å². The van der Waals surface area contributed by atoms with Crippen molar-refractivity contribution in [2.24, 2.45) is 0 Å². The van der Waals surface area contributed by atoms with Gasteiger partial charge in [0.1, 0.15) is 0 Å². The topological polar surface area (TPSA) is 0 Å². The highest BCUT2D eigenvalue weighted by Gasteiger charge is 2.12. The number of rotatable bonds is 0. The SMILES string of the molecule is [CH2]c1c(Br)c(Br)c([CH2])c(Br)c1Br. The molecule has 0 nitrogen and oxygen atoms in total. The van der Waals surface area contributed by atoms with Crippen molar-refractivity contribution in [3.05, 3.63) is 42.9 Å². The largest absolute Gasteiger partial charge is 0.0492 e. The fourth-order valence-corrected chi connectivity index (χ4v) is 3.00. The van der Waals surface area contributed by atoms with E-state index in [0.717, 1.165) is 29.0 Å². The number of benzene rings is 1. The van der Waals surface area contributed by atoms with Gasteiger partial charge in [-0.2, -0.15) is 0 Å². The number of hydrogen-bond acceptors (Lipinski definition) is 0. The van der Waals surface area contributed by atoms with Crippen LogP contribution in [-0.4, -0.2) is 0 Å². The van der Waals surface area contributed by atoms with Crippen LogP contribution in [-0.2, 0) is 0 Å². The van der Waals surface area contributed by atoms with Crippen LogP contribution in [0.5, 0.6) is 0 Å². The van der Waals surface area contributed by atoms with E-state index in [1.165, 1.54) is 0 Å². The standard InChI is InChI=1S/C8H4Br4/c1-3-5(9)7(11)4(2)8(12)6(3)10/h1-2H2. The first-order valence-corrected chi connectivity index (χ1v) is 6.14. The first-order chi connectivity index (χ1) is 5.46. The summed E-state index contributed by atoms with van der Waals surface area (Å²) in [6, 6.07) is 0. The lowest BCUT2D eigenvalue weighted by atomic mass is 10.2. The average molecular weight is 420 g/mol. The monoisotopic (exact) mass is 416 g/mol. The van der Waals surface area contributed by atoms with E-state index in [4.69, 9.17) is 0 Å². The normalized spacial score (nSPS) is 10.5. The van der Waals surface area contributed by atoms with E-state index in [-0.39, 0.29) is 0 Å². The molecule has 0 spiro atoms. The molecule has 12 heavy (non-hydrogen) atoms. The van der Waals surface area contributed by atoms with Crippen molar-refractivity contribution in [1.82, 2.24) is 0 Å². The zero-order valence-electron chi connectivity index (χ0n) is 5.93. The van der Waals surface area contributed by atoms with Gasteiger partial charge in [0.15, 0.2) is 0 Å². The third-order valence-electron chi connectivity index (χ3n) is 1.45. The van der Waals surface area contributed by atoms with Crippen molar-refractivity contribution in [3.8, 4) is 0 Å². The maximum Gasteiger partial charge on any atom is 0.0364 e. The molecule has 0 unspecified atom stereocenters. The predicted octanol–water partition coefficient (Wildman–Crippen LogP) is 5.10. The second-order valence-corrected chi connectivity index (χ2v) is 5.39. The summed E-state index contributed by atoms with van der Waals surface area (Å²) < 4.78 is 3.73. The van der Waals surface area contributed by atoms with E-state index in [0.29, 0.717) is 0 Å². The quantitative estimate of drug-likeness (QED) is 0.513. The summed E-state index contributed by atoms with van der Waals surface area (Å²) in [5.41, 5.74) is 1.81. The molecule has 0 N–H and O–H groups in total. The van der Waals surface area contributed by atoms with Gasteiger partial charge < -0.3 is 0 Å². The molecule has 0 saturated heterocycles. The van der Waals surface area contributed by atoms with Crippen LogP contribution in [0.25, 0.3) is 0 Å². The Hall–Kier alpha value is 1.14. The Bertz CT molecular complexity index is 225. The van der Waals surface area contributed by atoms with Crippen LogP contribution >= 0.6 is 63.7 Å². The van der Waals surface area contributed by atoms with Crippen LogP contribution in [0.2, 0.25) is 0 Å². The summed E-state index contributed by atoms with van der Waals surface area (Å²) in [5.74, 6) is 0. The Balaban J connectivity index is 3.60. The molecule has 0 aliphatic heterocycles. The van der Waals surface area contributed by atoms with Crippen molar-refractivity contribution < 1.29 is 0 Å². The summed E-state index contributed by atoms with van der Waals surface area (Å²) in [6.45, 7) is 7.80. The van der Waals surface area contributed by atoms with Gasteiger partial charge in [-0.3, -0.25) is 0 Å². The molecule has 0 atom stereocenters. The lowest BCUT2D eigenvalue weighted by molar-refractivity contribution is 1.39. The Kier molecular flexibility index (Phi) is 3.84. The molecule has 4 heteroatoms. The number of hydrogen-bond donors (Lipinski definition) is 0. The summed E-state index contributed by atoms with van der Waals surface area (Å²) in [4.78, 5) is 0. The third kappa shape index (κ3) is 1.81. The highest BCUT2D eigenvalue weighted by Crippen LogP contribution is 2.40. The molecule has 64 valence electrons. The summed E-state index contributed by atoms with van der Waals surface area (Å²) in [5, 5.41) is 0. The van der Waals surface area contributed by atoms with Gasteiger partial charge in [0.25, 0.3) is 0 Å². The van der Waals surface area contributed by atoms with Gasteiger partial charge in [-0.15, -0.1) is 0 Å².